The zero-order valence-corrected chi connectivity index (χ0v) is 14.4. The summed E-state index contributed by atoms with van der Waals surface area (Å²) in [6, 6.07) is 5.88. The van der Waals surface area contributed by atoms with Gasteiger partial charge in [-0.05, 0) is 49.9 Å². The van der Waals surface area contributed by atoms with Gasteiger partial charge in [0, 0.05) is 16.9 Å². The van der Waals surface area contributed by atoms with E-state index in [4.69, 9.17) is 16.3 Å². The van der Waals surface area contributed by atoms with Gasteiger partial charge in [-0.2, -0.15) is 0 Å². The van der Waals surface area contributed by atoms with Crippen LogP contribution in [0.1, 0.15) is 38.7 Å². The molecule has 0 aromatic heterocycles. The molecule has 1 aromatic rings. The lowest BCUT2D eigenvalue weighted by Crippen LogP contribution is -3.14. The monoisotopic (exact) mass is 310 g/mol. The van der Waals surface area contributed by atoms with Crippen LogP contribution in [0.5, 0.6) is 5.75 Å². The summed E-state index contributed by atoms with van der Waals surface area (Å²) in [6.07, 6.45) is 3.79. The summed E-state index contributed by atoms with van der Waals surface area (Å²) in [5.74, 6) is 2.71. The fourth-order valence-electron chi connectivity index (χ4n) is 3.50. The highest BCUT2D eigenvalue weighted by Gasteiger charge is 2.24. The lowest BCUT2D eigenvalue weighted by Gasteiger charge is -2.32. The fraction of sp³-hybridized carbons (Fsp3) is 0.667. The number of hydrogen-bond acceptors (Lipinski definition) is 1. The first-order valence-corrected chi connectivity index (χ1v) is 8.65. The maximum atomic E-state index is 6.02. The summed E-state index contributed by atoms with van der Waals surface area (Å²) in [4.78, 5) is 1.78. The Hall–Kier alpha value is -0.730. The van der Waals surface area contributed by atoms with E-state index in [1.165, 1.54) is 32.5 Å². The molecule has 1 aromatic carbocycles. The Morgan fingerprint density at radius 1 is 1.19 bits per heavy atom. The number of likely N-dealkylation sites (tertiary alicyclic amines) is 1. The second kappa shape index (κ2) is 8.05. The molecule has 1 saturated heterocycles. The SMILES string of the molecule is Cc1cc(OCCCC[NH+]2C[C@@H](C)C[C@H](C)C2)ccc1Cl. The van der Waals surface area contributed by atoms with Gasteiger partial charge < -0.3 is 9.64 Å². The van der Waals surface area contributed by atoms with Gasteiger partial charge in [0.25, 0.3) is 0 Å². The Morgan fingerprint density at radius 2 is 1.90 bits per heavy atom. The lowest BCUT2D eigenvalue weighted by molar-refractivity contribution is -0.912. The second-order valence-electron chi connectivity index (χ2n) is 6.82. The van der Waals surface area contributed by atoms with Crippen LogP contribution in [0.15, 0.2) is 18.2 Å². The largest absolute Gasteiger partial charge is 0.494 e. The van der Waals surface area contributed by atoms with E-state index in [0.717, 1.165) is 41.2 Å². The van der Waals surface area contributed by atoms with Crippen molar-refractivity contribution >= 4 is 11.6 Å². The summed E-state index contributed by atoms with van der Waals surface area (Å²) in [6.45, 7) is 11.6. The van der Waals surface area contributed by atoms with Gasteiger partial charge in [-0.3, -0.25) is 0 Å². The topological polar surface area (TPSA) is 13.7 Å². The Balaban J connectivity index is 1.62. The molecular formula is C18H29ClNO+. The molecule has 21 heavy (non-hydrogen) atoms. The molecular weight excluding hydrogens is 282 g/mol. The predicted molar refractivity (Wildman–Crippen MR) is 89.4 cm³/mol. The highest BCUT2D eigenvalue weighted by atomic mass is 35.5. The summed E-state index contributed by atoms with van der Waals surface area (Å²) in [5, 5.41) is 0.805. The van der Waals surface area contributed by atoms with E-state index < -0.39 is 0 Å². The molecule has 1 heterocycles. The maximum absolute atomic E-state index is 6.02. The smallest absolute Gasteiger partial charge is 0.119 e. The van der Waals surface area contributed by atoms with E-state index in [9.17, 15) is 0 Å². The molecule has 0 amide bonds. The fourth-order valence-corrected chi connectivity index (χ4v) is 3.62. The minimum atomic E-state index is 0.805. The number of rotatable bonds is 6. The molecule has 0 radical (unpaired) electrons. The average Bonchev–Trinajstić information content (AvgIpc) is 2.41. The van der Waals surface area contributed by atoms with E-state index in [1.54, 1.807) is 4.90 Å². The van der Waals surface area contributed by atoms with Crippen LogP contribution in [0.3, 0.4) is 0 Å². The maximum Gasteiger partial charge on any atom is 0.119 e. The van der Waals surface area contributed by atoms with E-state index >= 15 is 0 Å². The molecule has 2 rings (SSSR count). The van der Waals surface area contributed by atoms with Gasteiger partial charge in [-0.25, -0.2) is 0 Å². The number of halogens is 1. The standard InChI is InChI=1S/C18H28ClNO/c1-14-10-15(2)13-20(12-14)8-4-5-9-21-17-6-7-18(19)16(3)11-17/h6-7,11,14-15H,4-5,8-10,12-13H2,1-3H3/p+1/t14-,15-/m0/s1. The van der Waals surface area contributed by atoms with Crippen molar-refractivity contribution in [2.45, 2.75) is 40.0 Å². The van der Waals surface area contributed by atoms with Crippen LogP contribution < -0.4 is 9.64 Å². The van der Waals surface area contributed by atoms with Crippen molar-refractivity contribution in [1.29, 1.82) is 0 Å². The molecule has 0 saturated carbocycles. The predicted octanol–water partition coefficient (Wildman–Crippen LogP) is 3.37. The third-order valence-electron chi connectivity index (χ3n) is 4.40. The van der Waals surface area contributed by atoms with E-state index in [1.807, 2.05) is 25.1 Å². The first-order valence-electron chi connectivity index (χ1n) is 8.27. The molecule has 2 atom stereocenters. The van der Waals surface area contributed by atoms with Gasteiger partial charge >= 0.3 is 0 Å². The lowest BCUT2D eigenvalue weighted by atomic mass is 9.92. The summed E-state index contributed by atoms with van der Waals surface area (Å²) in [7, 11) is 0. The number of ether oxygens (including phenoxy) is 1. The van der Waals surface area contributed by atoms with Crippen LogP contribution in [0, 0.1) is 18.8 Å². The van der Waals surface area contributed by atoms with Crippen LogP contribution in [-0.4, -0.2) is 26.2 Å². The van der Waals surface area contributed by atoms with Gasteiger partial charge in [0.2, 0.25) is 0 Å². The Labute approximate surface area is 134 Å². The molecule has 0 spiro atoms. The quantitative estimate of drug-likeness (QED) is 0.795. The molecule has 1 fully saturated rings. The zero-order valence-electron chi connectivity index (χ0n) is 13.6. The Bertz CT molecular complexity index is 439. The summed E-state index contributed by atoms with van der Waals surface area (Å²) < 4.78 is 5.81. The number of benzene rings is 1. The second-order valence-corrected chi connectivity index (χ2v) is 7.23. The Kier molecular flexibility index (Phi) is 6.38. The van der Waals surface area contributed by atoms with Crippen molar-refractivity contribution in [3.8, 4) is 5.75 Å². The van der Waals surface area contributed by atoms with Crippen molar-refractivity contribution in [1.82, 2.24) is 0 Å². The third kappa shape index (κ3) is 5.52. The van der Waals surface area contributed by atoms with Gasteiger partial charge in [0.1, 0.15) is 5.75 Å². The van der Waals surface area contributed by atoms with Crippen molar-refractivity contribution in [2.24, 2.45) is 11.8 Å². The number of nitrogens with one attached hydrogen (secondary N) is 1. The van der Waals surface area contributed by atoms with E-state index in [-0.39, 0.29) is 0 Å². The van der Waals surface area contributed by atoms with Crippen molar-refractivity contribution in [2.75, 3.05) is 26.2 Å². The van der Waals surface area contributed by atoms with Crippen LogP contribution in [0.4, 0.5) is 0 Å². The van der Waals surface area contributed by atoms with Crippen LogP contribution in [0.25, 0.3) is 0 Å². The third-order valence-corrected chi connectivity index (χ3v) is 4.83. The first kappa shape index (κ1) is 16.6. The highest BCUT2D eigenvalue weighted by molar-refractivity contribution is 6.31. The normalized spacial score (nSPS) is 25.8. The highest BCUT2D eigenvalue weighted by Crippen LogP contribution is 2.21. The molecule has 118 valence electrons. The number of hydrogen-bond donors (Lipinski definition) is 1. The van der Waals surface area contributed by atoms with Gasteiger partial charge in [-0.15, -0.1) is 0 Å². The van der Waals surface area contributed by atoms with Crippen molar-refractivity contribution in [3.05, 3.63) is 28.8 Å². The minimum Gasteiger partial charge on any atom is -0.494 e. The van der Waals surface area contributed by atoms with Gasteiger partial charge in [-0.1, -0.05) is 25.4 Å². The number of unbranched alkanes of at least 4 members (excludes halogenated alkanes) is 1. The van der Waals surface area contributed by atoms with Crippen LogP contribution in [-0.2, 0) is 0 Å². The molecule has 0 unspecified atom stereocenters. The molecule has 1 N–H and O–H groups in total. The molecule has 0 bridgehead atoms. The van der Waals surface area contributed by atoms with Crippen LogP contribution in [0.2, 0.25) is 5.02 Å². The number of aryl methyl sites for hydroxylation is 1. The van der Waals surface area contributed by atoms with Gasteiger partial charge in [0.05, 0.1) is 26.2 Å². The number of quaternary nitrogens is 1. The molecule has 3 heteroatoms. The summed E-state index contributed by atoms with van der Waals surface area (Å²) in [5.41, 5.74) is 1.08. The first-order chi connectivity index (χ1) is 10.0. The van der Waals surface area contributed by atoms with Gasteiger partial charge in [0.15, 0.2) is 0 Å². The molecule has 2 nitrogen and oxygen atoms in total. The summed E-state index contributed by atoms with van der Waals surface area (Å²) >= 11 is 6.02. The van der Waals surface area contributed by atoms with E-state index in [0.29, 0.717) is 0 Å². The molecule has 1 aliphatic rings. The molecule has 1 aliphatic heterocycles. The van der Waals surface area contributed by atoms with Crippen LogP contribution >= 0.6 is 11.6 Å². The van der Waals surface area contributed by atoms with E-state index in [2.05, 4.69) is 13.8 Å². The average molecular weight is 311 g/mol. The number of piperidine rings is 1. The molecule has 0 aliphatic carbocycles. The zero-order chi connectivity index (χ0) is 15.2. The van der Waals surface area contributed by atoms with Crippen molar-refractivity contribution in [3.63, 3.8) is 0 Å². The Morgan fingerprint density at radius 3 is 2.57 bits per heavy atom. The minimum absolute atomic E-state index is 0.805. The van der Waals surface area contributed by atoms with Crippen molar-refractivity contribution < 1.29 is 9.64 Å².